The molecule has 29 heavy (non-hydrogen) atoms. The van der Waals surface area contributed by atoms with Crippen LogP contribution in [-0.4, -0.2) is 28.1 Å². The van der Waals surface area contributed by atoms with E-state index in [1.165, 1.54) is 31.2 Å². The largest absolute Gasteiger partial charge is 0.479 e. The van der Waals surface area contributed by atoms with Crippen LogP contribution in [0.15, 0.2) is 53.5 Å². The van der Waals surface area contributed by atoms with Crippen LogP contribution in [0.4, 0.5) is 10.1 Å². The molecule has 0 bridgehead atoms. The zero-order valence-corrected chi connectivity index (χ0v) is 15.7. The highest BCUT2D eigenvalue weighted by molar-refractivity contribution is 6.30. The van der Waals surface area contributed by atoms with Crippen molar-refractivity contribution < 1.29 is 29.0 Å². The number of benzene rings is 2. The molecule has 1 heterocycles. The molecule has 3 rings (SSSR count). The average molecular weight is 417 g/mol. The van der Waals surface area contributed by atoms with Crippen molar-refractivity contribution in [3.63, 3.8) is 0 Å². The van der Waals surface area contributed by atoms with E-state index in [1.54, 1.807) is 6.07 Å². The topological polar surface area (TPSA) is 116 Å². The third kappa shape index (κ3) is 3.62. The number of carbonyl (C=O) groups is 3. The molecule has 148 valence electrons. The monoisotopic (exact) mass is 416 g/mol. The Morgan fingerprint density at radius 2 is 1.93 bits per heavy atom. The number of nitrogens with zero attached hydrogens (tertiary/aromatic N) is 1. The fourth-order valence-corrected chi connectivity index (χ4v) is 3.41. The van der Waals surface area contributed by atoms with Gasteiger partial charge < -0.3 is 15.5 Å². The summed E-state index contributed by atoms with van der Waals surface area (Å²) < 4.78 is 14.5. The van der Waals surface area contributed by atoms with Gasteiger partial charge in [-0.1, -0.05) is 23.7 Å². The van der Waals surface area contributed by atoms with E-state index >= 15 is 0 Å². The minimum absolute atomic E-state index is 0.00543. The highest BCUT2D eigenvalue weighted by atomic mass is 35.5. The zero-order valence-electron chi connectivity index (χ0n) is 14.9. The zero-order chi connectivity index (χ0) is 21.3. The summed E-state index contributed by atoms with van der Waals surface area (Å²) in [6.45, 7) is 1.29. The Morgan fingerprint density at radius 3 is 2.55 bits per heavy atom. The van der Waals surface area contributed by atoms with Gasteiger partial charge in [-0.15, -0.1) is 0 Å². The van der Waals surface area contributed by atoms with Crippen molar-refractivity contribution in [1.82, 2.24) is 0 Å². The Morgan fingerprint density at radius 1 is 1.21 bits per heavy atom. The van der Waals surface area contributed by atoms with Gasteiger partial charge in [0.05, 0.1) is 0 Å². The first-order chi connectivity index (χ1) is 13.6. The minimum Gasteiger partial charge on any atom is -0.479 e. The summed E-state index contributed by atoms with van der Waals surface area (Å²) in [4.78, 5) is 39.0. The Balaban J connectivity index is 2.40. The molecular formula is C20H14ClFN2O5. The third-order valence-corrected chi connectivity index (χ3v) is 4.51. The summed E-state index contributed by atoms with van der Waals surface area (Å²) >= 11 is 5.93. The first-order valence-corrected chi connectivity index (χ1v) is 8.65. The van der Waals surface area contributed by atoms with Crippen LogP contribution >= 0.6 is 11.6 Å². The van der Waals surface area contributed by atoms with Crippen LogP contribution in [0.5, 0.6) is 0 Å². The van der Waals surface area contributed by atoms with Crippen molar-refractivity contribution in [2.75, 3.05) is 5.32 Å². The van der Waals surface area contributed by atoms with Crippen LogP contribution in [0.25, 0.3) is 5.57 Å². The van der Waals surface area contributed by atoms with Crippen molar-refractivity contribution in [2.24, 2.45) is 4.99 Å². The van der Waals surface area contributed by atoms with E-state index < -0.39 is 23.3 Å². The highest BCUT2D eigenvalue weighted by Gasteiger charge is 2.46. The summed E-state index contributed by atoms with van der Waals surface area (Å²) in [6.07, 6.45) is 1.81. The summed E-state index contributed by atoms with van der Waals surface area (Å²) in [5, 5.41) is 21.5. The normalized spacial score (nSPS) is 17.7. The molecule has 7 nitrogen and oxygen atoms in total. The Hall–Kier alpha value is -3.52. The molecule has 1 aliphatic heterocycles. The number of nitrogens with one attached hydrogen (secondary N) is 1. The molecule has 1 atom stereocenters. The van der Waals surface area contributed by atoms with E-state index in [0.717, 1.165) is 18.2 Å². The molecule has 0 aliphatic carbocycles. The summed E-state index contributed by atoms with van der Waals surface area (Å²) in [6, 6.07) is 8.21. The molecule has 1 amide bonds. The van der Waals surface area contributed by atoms with Gasteiger partial charge in [-0.3, -0.25) is 9.79 Å². The van der Waals surface area contributed by atoms with Crippen molar-refractivity contribution in [3.8, 4) is 0 Å². The Labute approximate surface area is 168 Å². The number of halogens is 2. The number of carbonyl (C=O) groups excluding carboxylic acids is 1. The lowest BCUT2D eigenvalue weighted by molar-refractivity contribution is -0.141. The molecule has 0 saturated heterocycles. The van der Waals surface area contributed by atoms with E-state index in [0.29, 0.717) is 5.69 Å². The Kier molecular flexibility index (Phi) is 5.21. The van der Waals surface area contributed by atoms with Gasteiger partial charge in [0.2, 0.25) is 11.4 Å². The number of hydrogen-bond acceptors (Lipinski definition) is 4. The van der Waals surface area contributed by atoms with Gasteiger partial charge in [-0.2, -0.15) is 0 Å². The van der Waals surface area contributed by atoms with Gasteiger partial charge >= 0.3 is 11.9 Å². The number of aliphatic carboxylic acids is 2. The molecule has 0 saturated carbocycles. The predicted octanol–water partition coefficient (Wildman–Crippen LogP) is 1.84. The molecular weight excluding hydrogens is 403 g/mol. The lowest BCUT2D eigenvalue weighted by atomic mass is 9.82. The van der Waals surface area contributed by atoms with E-state index in [-0.39, 0.29) is 32.6 Å². The van der Waals surface area contributed by atoms with Gasteiger partial charge in [0.25, 0.3) is 0 Å². The maximum absolute atomic E-state index is 14.5. The van der Waals surface area contributed by atoms with Crippen molar-refractivity contribution in [2.45, 2.75) is 12.5 Å². The van der Waals surface area contributed by atoms with Gasteiger partial charge in [0.1, 0.15) is 5.36 Å². The lowest BCUT2D eigenvalue weighted by Gasteiger charge is -2.25. The van der Waals surface area contributed by atoms with Crippen LogP contribution in [0, 0.1) is 5.82 Å². The quantitative estimate of drug-likeness (QED) is 0.643. The third-order valence-electron chi connectivity index (χ3n) is 4.29. The smallest absolute Gasteiger partial charge is 0.341 e. The summed E-state index contributed by atoms with van der Waals surface area (Å²) in [7, 11) is 0. The second kappa shape index (κ2) is 7.48. The second-order valence-electron chi connectivity index (χ2n) is 6.26. The number of hydrogen-bond donors (Lipinski definition) is 3. The number of fused-ring (bicyclic) bond motifs is 1. The van der Waals surface area contributed by atoms with E-state index in [2.05, 4.69) is 10.3 Å². The number of carboxylic acid groups (broad SMARTS) is 2. The SMILES string of the molecule is CC(=O)Nc1cccc(C2(C(=O)O)N=c3c(F)cc(Cl)cc3=C2C=CC(=O)O)c1. The van der Waals surface area contributed by atoms with E-state index in [1.807, 2.05) is 0 Å². The van der Waals surface area contributed by atoms with Crippen LogP contribution in [0.1, 0.15) is 12.5 Å². The molecule has 9 heteroatoms. The fraction of sp³-hybridized carbons (Fsp3) is 0.100. The van der Waals surface area contributed by atoms with Crippen molar-refractivity contribution in [3.05, 3.63) is 75.5 Å². The number of rotatable bonds is 5. The summed E-state index contributed by atoms with van der Waals surface area (Å²) in [5.74, 6) is -3.98. The van der Waals surface area contributed by atoms with Crippen LogP contribution < -0.4 is 15.9 Å². The van der Waals surface area contributed by atoms with Gasteiger partial charge in [0.15, 0.2) is 5.82 Å². The van der Waals surface area contributed by atoms with Crippen molar-refractivity contribution >= 4 is 40.7 Å². The minimum atomic E-state index is -2.13. The van der Waals surface area contributed by atoms with Crippen molar-refractivity contribution in [1.29, 1.82) is 0 Å². The number of amides is 1. The number of anilines is 1. The first-order valence-electron chi connectivity index (χ1n) is 8.27. The highest BCUT2D eigenvalue weighted by Crippen LogP contribution is 2.38. The molecule has 0 spiro atoms. The van der Waals surface area contributed by atoms with E-state index in [4.69, 9.17) is 16.7 Å². The maximum Gasteiger partial charge on any atom is 0.341 e. The standard InChI is InChI=1S/C20H14ClFN2O5/c1-10(25)23-13-4-2-3-11(7-13)20(19(28)29)15(5-6-17(26)27)14-8-12(21)9-16(22)18(14)24-20/h2-9H,1H3,(H,23,25)(H,26,27)(H,28,29). The van der Waals surface area contributed by atoms with Crippen LogP contribution in [-0.2, 0) is 19.9 Å². The van der Waals surface area contributed by atoms with Gasteiger partial charge in [-0.05, 0) is 35.9 Å². The van der Waals surface area contributed by atoms with Crippen LogP contribution in [0.2, 0.25) is 5.02 Å². The molecule has 0 fully saturated rings. The molecule has 3 N–H and O–H groups in total. The van der Waals surface area contributed by atoms with Gasteiger partial charge in [-0.25, -0.2) is 14.0 Å². The second-order valence-corrected chi connectivity index (χ2v) is 6.69. The van der Waals surface area contributed by atoms with Gasteiger partial charge in [0, 0.05) is 34.5 Å². The lowest BCUT2D eigenvalue weighted by Crippen LogP contribution is -2.34. The molecule has 0 radical (unpaired) electrons. The Bertz CT molecular complexity index is 1210. The predicted molar refractivity (Wildman–Crippen MR) is 102 cm³/mol. The maximum atomic E-state index is 14.5. The fourth-order valence-electron chi connectivity index (χ4n) is 3.20. The molecule has 1 unspecified atom stereocenters. The first kappa shape index (κ1) is 20.2. The molecule has 2 aromatic rings. The number of carboxylic acids is 2. The molecule has 0 aromatic heterocycles. The average Bonchev–Trinajstić information content (AvgIpc) is 2.95. The van der Waals surface area contributed by atoms with Crippen LogP contribution in [0.3, 0.4) is 0 Å². The summed E-state index contributed by atoms with van der Waals surface area (Å²) in [5.41, 5.74) is -1.78. The molecule has 2 aromatic carbocycles. The van der Waals surface area contributed by atoms with E-state index in [9.17, 15) is 23.9 Å². The molecule has 1 aliphatic rings.